The zero-order chi connectivity index (χ0) is 23.4. The summed E-state index contributed by atoms with van der Waals surface area (Å²) in [6, 6.07) is 15.1. The van der Waals surface area contributed by atoms with Gasteiger partial charge < -0.3 is 20.5 Å². The molecule has 1 unspecified atom stereocenters. The third-order valence-electron chi connectivity index (χ3n) is 6.09. The summed E-state index contributed by atoms with van der Waals surface area (Å²) in [7, 11) is 0. The first-order chi connectivity index (χ1) is 15.9. The van der Waals surface area contributed by atoms with Crippen LogP contribution in [0.1, 0.15) is 54.1 Å². The number of halogens is 1. The lowest BCUT2D eigenvalue weighted by atomic mass is 9.98. The normalized spacial score (nSPS) is 15.4. The van der Waals surface area contributed by atoms with E-state index in [0.717, 1.165) is 45.9 Å². The van der Waals surface area contributed by atoms with Crippen molar-refractivity contribution in [3.05, 3.63) is 82.9 Å². The minimum absolute atomic E-state index is 0.0138. The first-order valence-electron chi connectivity index (χ1n) is 11.1. The van der Waals surface area contributed by atoms with Gasteiger partial charge in [-0.05, 0) is 48.7 Å². The summed E-state index contributed by atoms with van der Waals surface area (Å²) in [5.74, 6) is -0.509. The first kappa shape index (κ1) is 22.6. The Labute approximate surface area is 192 Å². The maximum atomic E-state index is 13.2. The Morgan fingerprint density at radius 1 is 1.27 bits per heavy atom. The molecular weight excluding hydrogens is 421 g/mol. The second kappa shape index (κ2) is 9.90. The topological polar surface area (TPSA) is 83.5 Å². The molecule has 1 aliphatic rings. The number of carbonyl (C=O) groups is 1. The molecule has 1 aliphatic heterocycles. The number of aliphatic carboxylic acids is 1. The van der Waals surface area contributed by atoms with Crippen LogP contribution < -0.4 is 15.4 Å². The van der Waals surface area contributed by atoms with E-state index in [9.17, 15) is 9.18 Å². The monoisotopic (exact) mass is 449 g/mol. The van der Waals surface area contributed by atoms with E-state index in [4.69, 9.17) is 9.84 Å². The van der Waals surface area contributed by atoms with Crippen LogP contribution in [-0.2, 0) is 11.3 Å². The average molecular weight is 450 g/mol. The summed E-state index contributed by atoms with van der Waals surface area (Å²) in [5.41, 5.74) is 5.97. The molecule has 3 aromatic rings. The highest BCUT2D eigenvalue weighted by molar-refractivity contribution is 5.69. The van der Waals surface area contributed by atoms with Gasteiger partial charge in [-0.15, -0.1) is 0 Å². The number of fused-ring (bicyclic) bond motifs is 1. The molecule has 0 saturated heterocycles. The molecule has 2 heterocycles. The molecule has 2 aromatic carbocycles. The van der Waals surface area contributed by atoms with Crippen LogP contribution in [0.25, 0.3) is 0 Å². The van der Waals surface area contributed by atoms with E-state index >= 15 is 0 Å². The number of rotatable bonds is 9. The highest BCUT2D eigenvalue weighted by atomic mass is 19.1. The number of nitrogens with one attached hydrogen (secondary N) is 2. The Bertz CT molecular complexity index is 1130. The van der Waals surface area contributed by atoms with Gasteiger partial charge in [0.15, 0.2) is 0 Å². The van der Waals surface area contributed by atoms with E-state index in [1.807, 2.05) is 30.3 Å². The van der Waals surface area contributed by atoms with E-state index in [1.165, 1.54) is 12.3 Å². The number of carboxylic acids is 1. The third-order valence-corrected chi connectivity index (χ3v) is 6.09. The first-order valence-corrected chi connectivity index (χ1v) is 11.1. The fraction of sp³-hybridized carbons (Fsp3) is 0.308. The van der Waals surface area contributed by atoms with Crippen LogP contribution >= 0.6 is 0 Å². The summed E-state index contributed by atoms with van der Waals surface area (Å²) in [4.78, 5) is 15.3. The zero-order valence-corrected chi connectivity index (χ0v) is 18.8. The SMILES string of the molecule is CCC(Nc1cccc(CNc2ccc3c(c2)OC[C@H]3CC(=O)O)c1C)c1ccc(F)cn1. The van der Waals surface area contributed by atoms with Gasteiger partial charge in [0, 0.05) is 35.5 Å². The minimum Gasteiger partial charge on any atom is -0.493 e. The van der Waals surface area contributed by atoms with Gasteiger partial charge in [0.1, 0.15) is 11.6 Å². The molecule has 6 nitrogen and oxygen atoms in total. The quantitative estimate of drug-likeness (QED) is 0.391. The van der Waals surface area contributed by atoms with Gasteiger partial charge in [-0.2, -0.15) is 0 Å². The molecule has 0 spiro atoms. The third kappa shape index (κ3) is 5.25. The largest absolute Gasteiger partial charge is 0.493 e. The maximum absolute atomic E-state index is 13.2. The highest BCUT2D eigenvalue weighted by Gasteiger charge is 2.26. The van der Waals surface area contributed by atoms with Gasteiger partial charge in [-0.25, -0.2) is 4.39 Å². The van der Waals surface area contributed by atoms with E-state index < -0.39 is 5.97 Å². The van der Waals surface area contributed by atoms with Gasteiger partial charge >= 0.3 is 5.97 Å². The summed E-state index contributed by atoms with van der Waals surface area (Å²) in [6.07, 6.45) is 2.14. The second-order valence-corrected chi connectivity index (χ2v) is 8.31. The Kier molecular flexibility index (Phi) is 6.77. The van der Waals surface area contributed by atoms with E-state index in [2.05, 4.69) is 35.5 Å². The molecule has 33 heavy (non-hydrogen) atoms. The molecule has 172 valence electrons. The second-order valence-electron chi connectivity index (χ2n) is 8.31. The van der Waals surface area contributed by atoms with Crippen molar-refractivity contribution in [2.45, 2.75) is 45.2 Å². The number of pyridine rings is 1. The summed E-state index contributed by atoms with van der Waals surface area (Å²) < 4.78 is 19.0. The lowest BCUT2D eigenvalue weighted by Crippen LogP contribution is -2.13. The summed E-state index contributed by atoms with van der Waals surface area (Å²) >= 11 is 0. The Balaban J connectivity index is 1.44. The van der Waals surface area contributed by atoms with Crippen molar-refractivity contribution in [1.29, 1.82) is 0 Å². The summed E-state index contributed by atoms with van der Waals surface area (Å²) in [5, 5.41) is 16.1. The smallest absolute Gasteiger partial charge is 0.304 e. The van der Waals surface area contributed by atoms with Crippen LogP contribution in [0.15, 0.2) is 54.7 Å². The zero-order valence-electron chi connectivity index (χ0n) is 18.8. The van der Waals surface area contributed by atoms with Crippen molar-refractivity contribution in [3.8, 4) is 5.75 Å². The molecule has 7 heteroatoms. The molecule has 0 saturated carbocycles. The van der Waals surface area contributed by atoms with Crippen LogP contribution in [0.2, 0.25) is 0 Å². The van der Waals surface area contributed by atoms with Crippen LogP contribution in [0.4, 0.5) is 15.8 Å². The van der Waals surface area contributed by atoms with Gasteiger partial charge in [-0.3, -0.25) is 9.78 Å². The Morgan fingerprint density at radius 2 is 2.12 bits per heavy atom. The van der Waals surface area contributed by atoms with Crippen LogP contribution in [0.5, 0.6) is 5.75 Å². The maximum Gasteiger partial charge on any atom is 0.304 e. The molecule has 0 fully saturated rings. The standard InChI is InChI=1S/C26H28FN3O3/c1-3-22(24-10-7-19(27)14-29-24)30-23-6-4-5-17(16(23)2)13-28-20-8-9-21-18(11-26(31)32)15-33-25(21)12-20/h4-10,12,14,18,22,28,30H,3,11,13,15H2,1-2H3,(H,31,32)/t18-,22?/m1/s1. The van der Waals surface area contributed by atoms with Gasteiger partial charge in [0.2, 0.25) is 0 Å². The van der Waals surface area contributed by atoms with Crippen molar-refractivity contribution in [1.82, 2.24) is 4.98 Å². The molecular formula is C26H28FN3O3. The Morgan fingerprint density at radius 3 is 2.85 bits per heavy atom. The number of hydrogen-bond acceptors (Lipinski definition) is 5. The van der Waals surface area contributed by atoms with Gasteiger partial charge in [0.25, 0.3) is 0 Å². The number of anilines is 2. The average Bonchev–Trinajstić information content (AvgIpc) is 3.19. The van der Waals surface area contributed by atoms with Crippen molar-refractivity contribution in [2.24, 2.45) is 0 Å². The molecule has 0 amide bonds. The van der Waals surface area contributed by atoms with E-state index in [0.29, 0.717) is 13.2 Å². The minimum atomic E-state index is -0.817. The molecule has 3 N–H and O–H groups in total. The van der Waals surface area contributed by atoms with Crippen molar-refractivity contribution < 1.29 is 19.0 Å². The van der Waals surface area contributed by atoms with Crippen molar-refractivity contribution in [3.63, 3.8) is 0 Å². The lowest BCUT2D eigenvalue weighted by Gasteiger charge is -2.21. The molecule has 0 radical (unpaired) electrons. The van der Waals surface area contributed by atoms with Gasteiger partial charge in [-0.1, -0.05) is 25.1 Å². The molecule has 4 rings (SSSR count). The fourth-order valence-corrected chi connectivity index (χ4v) is 4.16. The lowest BCUT2D eigenvalue weighted by molar-refractivity contribution is -0.137. The number of hydrogen-bond donors (Lipinski definition) is 3. The number of benzene rings is 2. The van der Waals surface area contributed by atoms with Crippen molar-refractivity contribution >= 4 is 17.3 Å². The fourth-order valence-electron chi connectivity index (χ4n) is 4.16. The number of ether oxygens (including phenoxy) is 1. The van der Waals surface area contributed by atoms with Gasteiger partial charge in [0.05, 0.1) is 31.0 Å². The van der Waals surface area contributed by atoms with Crippen molar-refractivity contribution in [2.75, 3.05) is 17.2 Å². The summed E-state index contributed by atoms with van der Waals surface area (Å²) in [6.45, 7) is 5.18. The number of aromatic nitrogens is 1. The molecule has 0 aliphatic carbocycles. The predicted octanol–water partition coefficient (Wildman–Crippen LogP) is 5.66. The predicted molar refractivity (Wildman–Crippen MR) is 126 cm³/mol. The van der Waals surface area contributed by atoms with Crippen LogP contribution in [-0.4, -0.2) is 22.7 Å². The molecule has 2 atom stereocenters. The van der Waals surface area contributed by atoms with E-state index in [1.54, 1.807) is 6.07 Å². The van der Waals surface area contributed by atoms with Crippen LogP contribution in [0.3, 0.4) is 0 Å². The highest BCUT2D eigenvalue weighted by Crippen LogP contribution is 2.37. The number of nitrogens with zero attached hydrogens (tertiary/aromatic N) is 1. The molecule has 1 aromatic heterocycles. The van der Waals surface area contributed by atoms with Crippen LogP contribution in [0, 0.1) is 12.7 Å². The van der Waals surface area contributed by atoms with E-state index in [-0.39, 0.29) is 24.2 Å². The number of carboxylic acid groups (broad SMARTS) is 1. The molecule has 0 bridgehead atoms. The Hall–Kier alpha value is -3.61.